The zero-order valence-electron chi connectivity index (χ0n) is 11.7. The van der Waals surface area contributed by atoms with Crippen molar-refractivity contribution in [2.24, 2.45) is 0 Å². The van der Waals surface area contributed by atoms with Gasteiger partial charge in [-0.1, -0.05) is 24.3 Å². The number of carbonyl (C=O) groups is 1. The molecule has 0 aromatic heterocycles. The number of amides is 1. The Hall–Kier alpha value is -2.49. The molecule has 0 radical (unpaired) electrons. The van der Waals surface area contributed by atoms with Crippen molar-refractivity contribution in [1.82, 2.24) is 5.32 Å². The molecule has 1 unspecified atom stereocenters. The van der Waals surface area contributed by atoms with Gasteiger partial charge in [0.05, 0.1) is 11.6 Å². The summed E-state index contributed by atoms with van der Waals surface area (Å²) in [4.78, 5) is 12.2. The standard InChI is InChI=1S/C16H19N3O/c1-10-5-3-4-6-13(10)11(2)19-16(20)14-8-7-12(17)9-15(14)18/h3-9,11H,17-18H2,1-2H3,(H,19,20). The molecule has 0 fully saturated rings. The fourth-order valence-corrected chi connectivity index (χ4v) is 2.21. The number of carbonyl (C=O) groups excluding carboxylic acids is 1. The van der Waals surface area contributed by atoms with Crippen LogP contribution in [0.1, 0.15) is 34.5 Å². The first kappa shape index (κ1) is 13.9. The smallest absolute Gasteiger partial charge is 0.253 e. The number of hydrogen-bond donors (Lipinski definition) is 3. The highest BCUT2D eigenvalue weighted by Crippen LogP contribution is 2.20. The van der Waals surface area contributed by atoms with Gasteiger partial charge in [0.2, 0.25) is 0 Å². The highest BCUT2D eigenvalue weighted by molar-refractivity contribution is 5.99. The van der Waals surface area contributed by atoms with Crippen LogP contribution in [0.3, 0.4) is 0 Å². The highest BCUT2D eigenvalue weighted by Gasteiger charge is 2.14. The predicted octanol–water partition coefficient (Wildman–Crippen LogP) is 2.65. The van der Waals surface area contributed by atoms with Gasteiger partial charge in [0.15, 0.2) is 0 Å². The number of benzene rings is 2. The summed E-state index contributed by atoms with van der Waals surface area (Å²) in [6.45, 7) is 3.98. The zero-order chi connectivity index (χ0) is 14.7. The second-order valence-electron chi connectivity index (χ2n) is 4.90. The molecule has 104 valence electrons. The predicted molar refractivity (Wildman–Crippen MR) is 82.3 cm³/mol. The van der Waals surface area contributed by atoms with Gasteiger partial charge in [-0.15, -0.1) is 0 Å². The molecule has 4 heteroatoms. The number of aryl methyl sites for hydroxylation is 1. The van der Waals surface area contributed by atoms with Crippen LogP contribution >= 0.6 is 0 Å². The van der Waals surface area contributed by atoms with E-state index in [2.05, 4.69) is 5.32 Å². The average Bonchev–Trinajstić information content (AvgIpc) is 2.38. The molecule has 2 rings (SSSR count). The van der Waals surface area contributed by atoms with Crippen LogP contribution in [-0.4, -0.2) is 5.91 Å². The molecule has 5 N–H and O–H groups in total. The van der Waals surface area contributed by atoms with Crippen molar-refractivity contribution in [3.05, 3.63) is 59.2 Å². The number of nitrogens with one attached hydrogen (secondary N) is 1. The molecule has 0 aliphatic rings. The van der Waals surface area contributed by atoms with Crippen molar-refractivity contribution in [3.8, 4) is 0 Å². The minimum Gasteiger partial charge on any atom is -0.399 e. The Morgan fingerprint density at radius 2 is 1.85 bits per heavy atom. The number of hydrogen-bond acceptors (Lipinski definition) is 3. The summed E-state index contributed by atoms with van der Waals surface area (Å²) in [5, 5.41) is 2.95. The fraction of sp³-hybridized carbons (Fsp3) is 0.188. The van der Waals surface area contributed by atoms with Gasteiger partial charge < -0.3 is 16.8 Å². The SMILES string of the molecule is Cc1ccccc1C(C)NC(=O)c1ccc(N)cc1N. The van der Waals surface area contributed by atoms with Gasteiger partial charge in [-0.05, 0) is 43.2 Å². The van der Waals surface area contributed by atoms with Crippen LogP contribution in [0.2, 0.25) is 0 Å². The van der Waals surface area contributed by atoms with Crippen molar-refractivity contribution in [2.75, 3.05) is 11.5 Å². The minimum atomic E-state index is -0.196. The van der Waals surface area contributed by atoms with Gasteiger partial charge in [-0.3, -0.25) is 4.79 Å². The summed E-state index contributed by atoms with van der Waals surface area (Å²) < 4.78 is 0. The normalized spacial score (nSPS) is 11.9. The molecule has 20 heavy (non-hydrogen) atoms. The fourth-order valence-electron chi connectivity index (χ4n) is 2.21. The molecule has 2 aromatic rings. The van der Waals surface area contributed by atoms with E-state index in [9.17, 15) is 4.79 Å². The first-order chi connectivity index (χ1) is 9.49. The lowest BCUT2D eigenvalue weighted by Gasteiger charge is -2.17. The lowest BCUT2D eigenvalue weighted by Crippen LogP contribution is -2.27. The molecular weight excluding hydrogens is 250 g/mol. The summed E-state index contributed by atoms with van der Waals surface area (Å²) in [6, 6.07) is 12.8. The van der Waals surface area contributed by atoms with E-state index in [0.717, 1.165) is 11.1 Å². The maximum Gasteiger partial charge on any atom is 0.253 e. The molecule has 0 heterocycles. The van der Waals surface area contributed by atoms with Gasteiger partial charge in [0.1, 0.15) is 0 Å². The van der Waals surface area contributed by atoms with Crippen LogP contribution in [0.4, 0.5) is 11.4 Å². The Balaban J connectivity index is 2.17. The summed E-state index contributed by atoms with van der Waals surface area (Å²) >= 11 is 0. The van der Waals surface area contributed by atoms with Gasteiger partial charge in [-0.2, -0.15) is 0 Å². The Bertz CT molecular complexity index is 637. The molecular formula is C16H19N3O. The molecule has 2 aromatic carbocycles. The highest BCUT2D eigenvalue weighted by atomic mass is 16.1. The third kappa shape index (κ3) is 2.91. The first-order valence-electron chi connectivity index (χ1n) is 6.50. The maximum atomic E-state index is 12.2. The lowest BCUT2D eigenvalue weighted by atomic mass is 10.0. The maximum absolute atomic E-state index is 12.2. The molecule has 0 bridgehead atoms. The van der Waals surface area contributed by atoms with E-state index in [-0.39, 0.29) is 11.9 Å². The zero-order valence-corrected chi connectivity index (χ0v) is 11.7. The van der Waals surface area contributed by atoms with E-state index in [0.29, 0.717) is 16.9 Å². The van der Waals surface area contributed by atoms with Crippen LogP contribution in [0.5, 0.6) is 0 Å². The summed E-state index contributed by atoms with van der Waals surface area (Å²) in [7, 11) is 0. The Morgan fingerprint density at radius 3 is 2.50 bits per heavy atom. The molecule has 4 nitrogen and oxygen atoms in total. The van der Waals surface area contributed by atoms with Crippen LogP contribution in [-0.2, 0) is 0 Å². The van der Waals surface area contributed by atoms with Crippen LogP contribution in [0.25, 0.3) is 0 Å². The van der Waals surface area contributed by atoms with E-state index in [4.69, 9.17) is 11.5 Å². The summed E-state index contributed by atoms with van der Waals surface area (Å²) in [5.74, 6) is -0.196. The van der Waals surface area contributed by atoms with E-state index in [1.165, 1.54) is 0 Å². The van der Waals surface area contributed by atoms with Crippen LogP contribution in [0, 0.1) is 6.92 Å². The van der Waals surface area contributed by atoms with E-state index in [1.54, 1.807) is 18.2 Å². The molecule has 0 aliphatic heterocycles. The number of anilines is 2. The van der Waals surface area contributed by atoms with Gasteiger partial charge >= 0.3 is 0 Å². The van der Waals surface area contributed by atoms with Gasteiger partial charge in [0, 0.05) is 11.4 Å². The largest absolute Gasteiger partial charge is 0.399 e. The Labute approximate surface area is 118 Å². The average molecular weight is 269 g/mol. The quantitative estimate of drug-likeness (QED) is 0.749. The minimum absolute atomic E-state index is 0.0827. The number of rotatable bonds is 3. The van der Waals surface area contributed by atoms with Crippen LogP contribution < -0.4 is 16.8 Å². The molecule has 0 aliphatic carbocycles. The van der Waals surface area contributed by atoms with Crippen molar-refractivity contribution >= 4 is 17.3 Å². The third-order valence-corrected chi connectivity index (χ3v) is 3.32. The molecule has 0 saturated carbocycles. The van der Waals surface area contributed by atoms with Gasteiger partial charge in [0.25, 0.3) is 5.91 Å². The summed E-state index contributed by atoms with van der Waals surface area (Å²) in [5.41, 5.74) is 15.1. The second kappa shape index (κ2) is 5.65. The van der Waals surface area contributed by atoms with Crippen molar-refractivity contribution < 1.29 is 4.79 Å². The van der Waals surface area contributed by atoms with E-state index >= 15 is 0 Å². The second-order valence-corrected chi connectivity index (χ2v) is 4.90. The molecule has 0 spiro atoms. The van der Waals surface area contributed by atoms with Crippen molar-refractivity contribution in [2.45, 2.75) is 19.9 Å². The van der Waals surface area contributed by atoms with Crippen molar-refractivity contribution in [1.29, 1.82) is 0 Å². The van der Waals surface area contributed by atoms with Gasteiger partial charge in [-0.25, -0.2) is 0 Å². The molecule has 0 saturated heterocycles. The monoisotopic (exact) mass is 269 g/mol. The number of nitrogens with two attached hydrogens (primary N) is 2. The van der Waals surface area contributed by atoms with E-state index < -0.39 is 0 Å². The van der Waals surface area contributed by atoms with Crippen LogP contribution in [0.15, 0.2) is 42.5 Å². The van der Waals surface area contributed by atoms with E-state index in [1.807, 2.05) is 38.1 Å². The molecule has 1 atom stereocenters. The Morgan fingerprint density at radius 1 is 1.15 bits per heavy atom. The third-order valence-electron chi connectivity index (χ3n) is 3.32. The molecule has 1 amide bonds. The first-order valence-corrected chi connectivity index (χ1v) is 6.50. The topological polar surface area (TPSA) is 81.1 Å². The number of nitrogen functional groups attached to an aromatic ring is 2. The Kier molecular flexibility index (Phi) is 3.94. The lowest BCUT2D eigenvalue weighted by molar-refractivity contribution is 0.0941. The summed E-state index contributed by atoms with van der Waals surface area (Å²) in [6.07, 6.45) is 0. The van der Waals surface area contributed by atoms with Crippen molar-refractivity contribution in [3.63, 3.8) is 0 Å².